The zero-order chi connectivity index (χ0) is 28.6. The third kappa shape index (κ3) is 4.99. The molecule has 1 aromatic heterocycles. The van der Waals surface area contributed by atoms with E-state index in [9.17, 15) is 14.7 Å². The summed E-state index contributed by atoms with van der Waals surface area (Å²) in [6.45, 7) is 5.58. The van der Waals surface area contributed by atoms with Crippen LogP contribution >= 0.6 is 11.6 Å². The van der Waals surface area contributed by atoms with Crippen LogP contribution in [-0.4, -0.2) is 51.1 Å². The number of fused-ring (bicyclic) bond motifs is 1. The van der Waals surface area contributed by atoms with E-state index >= 15 is 0 Å². The number of hydrogen-bond acceptors (Lipinski definition) is 5. The molecule has 1 saturated carbocycles. The van der Waals surface area contributed by atoms with Gasteiger partial charge >= 0.3 is 5.97 Å². The first-order valence-corrected chi connectivity index (χ1v) is 14.5. The van der Waals surface area contributed by atoms with E-state index in [1.807, 2.05) is 68.9 Å². The molecule has 0 unspecified atom stereocenters. The molecule has 2 aliphatic rings. The lowest BCUT2D eigenvalue weighted by molar-refractivity contribution is -0.152. The smallest absolute Gasteiger partial charge is 0.309 e. The molecule has 1 aliphatic carbocycles. The van der Waals surface area contributed by atoms with Gasteiger partial charge in [0, 0.05) is 56.6 Å². The van der Waals surface area contributed by atoms with Gasteiger partial charge in [-0.2, -0.15) is 0 Å². The SMILES string of the molecule is CCC1(C(=O)O)CCC(N2CCc3c(nc(C(=O)Nc4cccc(-c5cccc(NC)c5C)c4Cl)n3C)C2)CC1. The molecule has 212 valence electrons. The quantitative estimate of drug-likeness (QED) is 0.320. The van der Waals surface area contributed by atoms with Gasteiger partial charge in [-0.25, -0.2) is 4.98 Å². The first-order valence-electron chi connectivity index (χ1n) is 14.1. The summed E-state index contributed by atoms with van der Waals surface area (Å²) >= 11 is 6.83. The molecule has 0 bridgehead atoms. The van der Waals surface area contributed by atoms with E-state index in [4.69, 9.17) is 16.6 Å². The van der Waals surface area contributed by atoms with E-state index in [2.05, 4.69) is 15.5 Å². The van der Waals surface area contributed by atoms with Gasteiger partial charge in [-0.3, -0.25) is 14.5 Å². The highest BCUT2D eigenvalue weighted by Gasteiger charge is 2.42. The van der Waals surface area contributed by atoms with Crippen molar-refractivity contribution in [3.8, 4) is 11.1 Å². The largest absolute Gasteiger partial charge is 0.481 e. The Morgan fingerprint density at radius 2 is 1.80 bits per heavy atom. The van der Waals surface area contributed by atoms with Crippen LogP contribution < -0.4 is 10.6 Å². The van der Waals surface area contributed by atoms with Gasteiger partial charge in [0.25, 0.3) is 5.91 Å². The van der Waals surface area contributed by atoms with Crippen LogP contribution in [0.3, 0.4) is 0 Å². The van der Waals surface area contributed by atoms with E-state index in [1.54, 1.807) is 0 Å². The summed E-state index contributed by atoms with van der Waals surface area (Å²) in [5, 5.41) is 16.4. The molecule has 0 saturated heterocycles. The summed E-state index contributed by atoms with van der Waals surface area (Å²) in [6.07, 6.45) is 4.65. The first kappa shape index (κ1) is 28.2. The van der Waals surface area contributed by atoms with E-state index in [1.165, 1.54) is 0 Å². The minimum absolute atomic E-state index is 0.296. The van der Waals surface area contributed by atoms with Crippen molar-refractivity contribution in [1.82, 2.24) is 14.5 Å². The molecular weight excluding hydrogens is 526 g/mol. The van der Waals surface area contributed by atoms with Crippen molar-refractivity contribution < 1.29 is 14.7 Å². The van der Waals surface area contributed by atoms with Crippen LogP contribution in [0.1, 0.15) is 66.6 Å². The van der Waals surface area contributed by atoms with Crippen molar-refractivity contribution >= 4 is 34.9 Å². The standard InChI is InChI=1S/C31H38ClN5O3/c1-5-31(30(39)40)15-12-20(13-16-31)37-17-14-26-25(18-37)34-28(36(26)4)29(38)35-24-11-7-9-22(27(24)32)21-8-6-10-23(33-3)19(21)2/h6-11,20,33H,5,12-18H2,1-4H3,(H,35,38)(H,39,40). The minimum Gasteiger partial charge on any atom is -0.481 e. The maximum atomic E-state index is 13.4. The summed E-state index contributed by atoms with van der Waals surface area (Å²) in [5.74, 6) is -0.599. The predicted molar refractivity (Wildman–Crippen MR) is 159 cm³/mol. The molecule has 0 atom stereocenters. The number of aliphatic carboxylic acids is 1. The molecule has 8 nitrogen and oxygen atoms in total. The number of benzene rings is 2. The fourth-order valence-electron chi connectivity index (χ4n) is 6.52. The van der Waals surface area contributed by atoms with Gasteiger partial charge in [-0.1, -0.05) is 42.8 Å². The van der Waals surface area contributed by atoms with Crippen molar-refractivity contribution in [2.75, 3.05) is 24.2 Å². The van der Waals surface area contributed by atoms with Crippen molar-refractivity contribution in [2.45, 2.75) is 65.0 Å². The number of nitrogens with one attached hydrogen (secondary N) is 2. The molecule has 9 heteroatoms. The first-order chi connectivity index (χ1) is 19.2. The molecule has 0 spiro atoms. The Morgan fingerprint density at radius 1 is 1.12 bits per heavy atom. The van der Waals surface area contributed by atoms with E-state index < -0.39 is 11.4 Å². The Kier molecular flexibility index (Phi) is 7.93. The number of aromatic nitrogens is 2. The van der Waals surface area contributed by atoms with Gasteiger partial charge in [0.15, 0.2) is 5.82 Å². The van der Waals surface area contributed by atoms with Crippen LogP contribution in [0.5, 0.6) is 0 Å². The van der Waals surface area contributed by atoms with Crippen LogP contribution in [0.15, 0.2) is 36.4 Å². The van der Waals surface area contributed by atoms with Crippen molar-refractivity contribution in [2.24, 2.45) is 12.5 Å². The molecule has 3 N–H and O–H groups in total. The molecule has 3 aromatic rings. The van der Waals surface area contributed by atoms with Gasteiger partial charge in [0.1, 0.15) is 0 Å². The van der Waals surface area contributed by atoms with Crippen LogP contribution in [0.25, 0.3) is 11.1 Å². The molecule has 1 fully saturated rings. The number of rotatable bonds is 7. The number of hydrogen-bond donors (Lipinski definition) is 3. The van der Waals surface area contributed by atoms with Gasteiger partial charge < -0.3 is 20.3 Å². The van der Waals surface area contributed by atoms with Gasteiger partial charge in [0.2, 0.25) is 0 Å². The second kappa shape index (κ2) is 11.3. The fraction of sp³-hybridized carbons (Fsp3) is 0.452. The van der Waals surface area contributed by atoms with Gasteiger partial charge in [-0.05, 0) is 62.3 Å². The normalized spacial score (nSPS) is 21.1. The Bertz CT molecular complexity index is 1440. The Hall–Kier alpha value is -3.36. The monoisotopic (exact) mass is 563 g/mol. The maximum Gasteiger partial charge on any atom is 0.309 e. The summed E-state index contributed by atoms with van der Waals surface area (Å²) in [5.41, 5.74) is 5.91. The third-order valence-electron chi connectivity index (χ3n) is 9.19. The minimum atomic E-state index is -0.665. The second-order valence-electron chi connectivity index (χ2n) is 11.1. The lowest BCUT2D eigenvalue weighted by Gasteiger charge is -2.42. The van der Waals surface area contributed by atoms with E-state index in [-0.39, 0.29) is 5.91 Å². The molecule has 5 rings (SSSR count). The molecule has 40 heavy (non-hydrogen) atoms. The average molecular weight is 564 g/mol. The highest BCUT2D eigenvalue weighted by atomic mass is 35.5. The third-order valence-corrected chi connectivity index (χ3v) is 9.59. The number of anilines is 2. The second-order valence-corrected chi connectivity index (χ2v) is 11.5. The number of carboxylic acids is 1. The molecular formula is C31H38ClN5O3. The summed E-state index contributed by atoms with van der Waals surface area (Å²) < 4.78 is 1.90. The van der Waals surface area contributed by atoms with Crippen LogP contribution in [0.4, 0.5) is 11.4 Å². The highest BCUT2D eigenvalue weighted by molar-refractivity contribution is 6.36. The summed E-state index contributed by atoms with van der Waals surface area (Å²) in [4.78, 5) is 32.5. The number of carbonyl (C=O) groups is 2. The zero-order valence-corrected chi connectivity index (χ0v) is 24.4. The van der Waals surface area contributed by atoms with Crippen molar-refractivity contribution in [1.29, 1.82) is 0 Å². The number of imidazole rings is 1. The number of nitrogens with zero attached hydrogens (tertiary/aromatic N) is 3. The summed E-state index contributed by atoms with van der Waals surface area (Å²) in [6, 6.07) is 12.0. The number of amides is 1. The predicted octanol–water partition coefficient (Wildman–Crippen LogP) is 6.12. The van der Waals surface area contributed by atoms with Gasteiger partial charge in [0.05, 0.1) is 21.8 Å². The van der Waals surface area contributed by atoms with Crippen LogP contribution in [0.2, 0.25) is 5.02 Å². The Balaban J connectivity index is 1.32. The average Bonchev–Trinajstić information content (AvgIpc) is 3.30. The van der Waals surface area contributed by atoms with Crippen molar-refractivity contribution in [3.05, 3.63) is 64.2 Å². The Labute approximate surface area is 240 Å². The summed E-state index contributed by atoms with van der Waals surface area (Å²) in [7, 11) is 3.78. The topological polar surface area (TPSA) is 99.5 Å². The number of halogens is 1. The molecule has 2 heterocycles. The molecule has 1 amide bonds. The molecule has 1 aliphatic heterocycles. The van der Waals surface area contributed by atoms with E-state index in [0.29, 0.717) is 48.4 Å². The number of carboxylic acid groups (broad SMARTS) is 1. The highest BCUT2D eigenvalue weighted by Crippen LogP contribution is 2.42. The lowest BCUT2D eigenvalue weighted by atomic mass is 9.70. The van der Waals surface area contributed by atoms with Crippen LogP contribution in [-0.2, 0) is 24.8 Å². The van der Waals surface area contributed by atoms with E-state index in [0.717, 1.165) is 59.6 Å². The lowest BCUT2D eigenvalue weighted by Crippen LogP contribution is -2.45. The fourth-order valence-corrected chi connectivity index (χ4v) is 6.79. The molecule has 2 aromatic carbocycles. The zero-order valence-electron chi connectivity index (χ0n) is 23.7. The maximum absolute atomic E-state index is 13.4. The van der Waals surface area contributed by atoms with Crippen molar-refractivity contribution in [3.63, 3.8) is 0 Å². The molecule has 0 radical (unpaired) electrons. The number of carbonyl (C=O) groups excluding carboxylic acids is 1. The Morgan fingerprint density at radius 3 is 2.45 bits per heavy atom. The van der Waals surface area contributed by atoms with Crippen LogP contribution in [0, 0.1) is 12.3 Å². The van der Waals surface area contributed by atoms with Gasteiger partial charge in [-0.15, -0.1) is 0 Å².